The summed E-state index contributed by atoms with van der Waals surface area (Å²) in [6.45, 7) is 1.25. The minimum atomic E-state index is 0. The van der Waals surface area contributed by atoms with Gasteiger partial charge in [-0.05, 0) is 5.56 Å². The Morgan fingerprint density at radius 1 is 1.32 bits per heavy atom. The molecule has 0 unspecified atom stereocenters. The molecule has 0 atom stereocenters. The second-order valence-corrected chi connectivity index (χ2v) is 7.06. The van der Waals surface area contributed by atoms with E-state index in [1.54, 1.807) is 18.4 Å². The summed E-state index contributed by atoms with van der Waals surface area (Å²) >= 11 is 1.63. The number of rotatable bonds is 5. The van der Waals surface area contributed by atoms with E-state index < -0.39 is 0 Å². The summed E-state index contributed by atoms with van der Waals surface area (Å²) in [7, 11) is 3.77. The van der Waals surface area contributed by atoms with Gasteiger partial charge in [0.15, 0.2) is 10.9 Å². The number of aromatic nitrogens is 4. The molecule has 0 aliphatic carbocycles. The van der Waals surface area contributed by atoms with E-state index in [9.17, 15) is 0 Å². The molecule has 0 fully saturated rings. The minimum Gasteiger partial charge on any atom is -0.351 e. The Bertz CT molecular complexity index is 1020. The molecular weight excluding hydrogens is 485 g/mol. The van der Waals surface area contributed by atoms with E-state index in [2.05, 4.69) is 37.4 Å². The maximum Gasteiger partial charge on any atom is 0.194 e. The Labute approximate surface area is 184 Å². The number of aromatic amines is 1. The minimum absolute atomic E-state index is 0. The molecule has 0 saturated carbocycles. The number of benzene rings is 1. The van der Waals surface area contributed by atoms with Crippen molar-refractivity contribution in [3.8, 4) is 11.3 Å². The van der Waals surface area contributed by atoms with Gasteiger partial charge in [-0.25, -0.2) is 9.97 Å². The van der Waals surface area contributed by atoms with Gasteiger partial charge in [0, 0.05) is 31.9 Å². The third kappa shape index (κ3) is 4.53. The molecule has 0 radical (unpaired) electrons. The first-order chi connectivity index (χ1) is 13.2. The molecule has 28 heavy (non-hydrogen) atoms. The highest BCUT2D eigenvalue weighted by Crippen LogP contribution is 2.16. The maximum atomic E-state index is 4.59. The van der Waals surface area contributed by atoms with Gasteiger partial charge in [0.05, 0.1) is 30.7 Å². The molecule has 3 aromatic heterocycles. The normalized spacial score (nSPS) is 11.4. The predicted molar refractivity (Wildman–Crippen MR) is 124 cm³/mol. The molecule has 2 N–H and O–H groups in total. The molecule has 3 heterocycles. The number of guanidine groups is 1. The Kier molecular flexibility index (Phi) is 6.68. The molecule has 0 saturated heterocycles. The summed E-state index contributed by atoms with van der Waals surface area (Å²) in [5.41, 5.74) is 3.13. The highest BCUT2D eigenvalue weighted by Gasteiger charge is 2.11. The van der Waals surface area contributed by atoms with Crippen LogP contribution < -0.4 is 5.32 Å². The molecule has 0 bridgehead atoms. The maximum absolute atomic E-state index is 4.59. The summed E-state index contributed by atoms with van der Waals surface area (Å²) < 4.78 is 2.03. The van der Waals surface area contributed by atoms with Crippen LogP contribution >= 0.6 is 35.3 Å². The van der Waals surface area contributed by atoms with Gasteiger partial charge in [-0.3, -0.25) is 9.39 Å². The quantitative estimate of drug-likeness (QED) is 0.246. The number of hydrogen-bond acceptors (Lipinski definition) is 4. The Morgan fingerprint density at radius 3 is 2.89 bits per heavy atom. The van der Waals surface area contributed by atoms with Crippen molar-refractivity contribution < 1.29 is 0 Å². The average Bonchev–Trinajstić information content (AvgIpc) is 3.39. The van der Waals surface area contributed by atoms with Gasteiger partial charge in [-0.2, -0.15) is 0 Å². The van der Waals surface area contributed by atoms with Gasteiger partial charge in [0.25, 0.3) is 0 Å². The first-order valence-electron chi connectivity index (χ1n) is 8.65. The molecule has 0 spiro atoms. The van der Waals surface area contributed by atoms with Gasteiger partial charge in [-0.15, -0.1) is 35.3 Å². The molecule has 0 aliphatic rings. The van der Waals surface area contributed by atoms with Crippen molar-refractivity contribution in [3.63, 3.8) is 0 Å². The van der Waals surface area contributed by atoms with Crippen molar-refractivity contribution in [1.29, 1.82) is 0 Å². The predicted octanol–water partition coefficient (Wildman–Crippen LogP) is 3.61. The van der Waals surface area contributed by atoms with E-state index in [0.29, 0.717) is 13.1 Å². The first kappa shape index (κ1) is 20.3. The number of nitrogens with one attached hydrogen (secondary N) is 2. The fourth-order valence-electron chi connectivity index (χ4n) is 2.92. The summed E-state index contributed by atoms with van der Waals surface area (Å²) in [5, 5.41) is 5.39. The Morgan fingerprint density at radius 2 is 2.14 bits per heavy atom. The van der Waals surface area contributed by atoms with E-state index in [-0.39, 0.29) is 24.0 Å². The number of imidazole rings is 2. The van der Waals surface area contributed by atoms with E-state index in [1.165, 1.54) is 0 Å². The number of aliphatic imine (C=N–C) groups is 1. The van der Waals surface area contributed by atoms with Gasteiger partial charge in [0.2, 0.25) is 0 Å². The van der Waals surface area contributed by atoms with Crippen LogP contribution in [0.3, 0.4) is 0 Å². The van der Waals surface area contributed by atoms with Crippen LogP contribution in [0.25, 0.3) is 16.2 Å². The Balaban J connectivity index is 0.00000225. The topological polar surface area (TPSA) is 73.6 Å². The number of halogens is 1. The van der Waals surface area contributed by atoms with Crippen LogP contribution in [0.2, 0.25) is 0 Å². The second kappa shape index (κ2) is 9.20. The van der Waals surface area contributed by atoms with Crippen LogP contribution in [0.5, 0.6) is 0 Å². The van der Waals surface area contributed by atoms with Crippen LogP contribution in [-0.2, 0) is 13.1 Å². The number of thiazole rings is 1. The lowest BCUT2D eigenvalue weighted by Crippen LogP contribution is -2.38. The third-order valence-electron chi connectivity index (χ3n) is 4.24. The average molecular weight is 507 g/mol. The Hall–Kier alpha value is -2.40. The van der Waals surface area contributed by atoms with Crippen molar-refractivity contribution in [1.82, 2.24) is 29.6 Å². The summed E-state index contributed by atoms with van der Waals surface area (Å²) in [5.74, 6) is 1.69. The lowest BCUT2D eigenvalue weighted by Gasteiger charge is -2.20. The number of hydrogen-bond donors (Lipinski definition) is 2. The lowest BCUT2D eigenvalue weighted by molar-refractivity contribution is 0.463. The van der Waals surface area contributed by atoms with Crippen LogP contribution in [0.1, 0.15) is 11.5 Å². The fourth-order valence-corrected chi connectivity index (χ4v) is 3.64. The van der Waals surface area contributed by atoms with E-state index in [0.717, 1.165) is 33.7 Å². The SMILES string of the molecule is CN=C(NCc1cn2ccsc2n1)N(C)Cc1ncc(-c2ccccc2)[nH]1.I. The van der Waals surface area contributed by atoms with Crippen molar-refractivity contribution >= 4 is 46.2 Å². The largest absolute Gasteiger partial charge is 0.351 e. The summed E-state index contributed by atoms with van der Waals surface area (Å²) in [6, 6.07) is 10.2. The molecule has 1 aromatic carbocycles. The molecule has 146 valence electrons. The van der Waals surface area contributed by atoms with Gasteiger partial charge >= 0.3 is 0 Å². The third-order valence-corrected chi connectivity index (χ3v) is 5.02. The van der Waals surface area contributed by atoms with Crippen molar-refractivity contribution in [2.45, 2.75) is 13.1 Å². The monoisotopic (exact) mass is 507 g/mol. The zero-order valence-corrected chi connectivity index (χ0v) is 18.8. The van der Waals surface area contributed by atoms with Crippen LogP contribution in [0.4, 0.5) is 0 Å². The highest BCUT2D eigenvalue weighted by molar-refractivity contribution is 14.0. The molecule has 4 aromatic rings. The van der Waals surface area contributed by atoms with E-state index in [4.69, 9.17) is 0 Å². The van der Waals surface area contributed by atoms with Crippen LogP contribution in [-0.4, -0.2) is 44.3 Å². The van der Waals surface area contributed by atoms with Crippen LogP contribution in [0.15, 0.2) is 59.3 Å². The smallest absolute Gasteiger partial charge is 0.194 e. The molecule has 0 aliphatic heterocycles. The van der Waals surface area contributed by atoms with Gasteiger partial charge < -0.3 is 15.2 Å². The summed E-state index contributed by atoms with van der Waals surface area (Å²) in [4.78, 5) is 19.9. The van der Waals surface area contributed by atoms with Crippen molar-refractivity contribution in [3.05, 3.63) is 65.8 Å². The zero-order chi connectivity index (χ0) is 18.6. The lowest BCUT2D eigenvalue weighted by atomic mass is 10.2. The fraction of sp³-hybridized carbons (Fsp3) is 0.211. The first-order valence-corrected chi connectivity index (χ1v) is 9.53. The second-order valence-electron chi connectivity index (χ2n) is 6.19. The summed E-state index contributed by atoms with van der Waals surface area (Å²) in [6.07, 6.45) is 5.91. The number of fused-ring (bicyclic) bond motifs is 1. The standard InChI is InChI=1S/C19H21N7S.HI/c1-20-18(22-10-15-12-26-8-9-27-19(26)23-15)25(2)13-17-21-11-16(24-17)14-6-4-3-5-7-14;/h3-9,11-12H,10,13H2,1-2H3,(H,20,22)(H,21,24);1H. The van der Waals surface area contributed by atoms with Crippen molar-refractivity contribution in [2.24, 2.45) is 4.99 Å². The zero-order valence-electron chi connectivity index (χ0n) is 15.7. The van der Waals surface area contributed by atoms with Crippen molar-refractivity contribution in [2.75, 3.05) is 14.1 Å². The molecule has 7 nitrogen and oxygen atoms in total. The molecule has 0 amide bonds. The van der Waals surface area contributed by atoms with E-state index in [1.807, 2.05) is 58.5 Å². The number of H-pyrrole nitrogens is 1. The van der Waals surface area contributed by atoms with Crippen LogP contribution in [0, 0.1) is 0 Å². The highest BCUT2D eigenvalue weighted by atomic mass is 127. The molecule has 4 rings (SSSR count). The number of nitrogens with zero attached hydrogens (tertiary/aromatic N) is 5. The van der Waals surface area contributed by atoms with Gasteiger partial charge in [-0.1, -0.05) is 30.3 Å². The van der Waals surface area contributed by atoms with Gasteiger partial charge in [0.1, 0.15) is 5.82 Å². The molecule has 9 heteroatoms. The van der Waals surface area contributed by atoms with E-state index >= 15 is 0 Å². The molecular formula is C19H22IN7S.